The van der Waals surface area contributed by atoms with Crippen LogP contribution >= 0.6 is 23.4 Å². The van der Waals surface area contributed by atoms with E-state index < -0.39 is 0 Å². The average molecular weight is 330 g/mol. The minimum atomic E-state index is 0.704. The summed E-state index contributed by atoms with van der Waals surface area (Å²) in [6, 6.07) is 16.3. The van der Waals surface area contributed by atoms with Crippen molar-refractivity contribution in [3.8, 4) is 11.4 Å². The fourth-order valence-electron chi connectivity index (χ4n) is 2.20. The molecule has 0 unspecified atom stereocenters. The summed E-state index contributed by atoms with van der Waals surface area (Å²) in [7, 11) is 1.97. The van der Waals surface area contributed by atoms with Crippen LogP contribution in [0.15, 0.2) is 53.7 Å². The van der Waals surface area contributed by atoms with Crippen LogP contribution in [-0.4, -0.2) is 14.8 Å². The molecule has 22 heavy (non-hydrogen) atoms. The van der Waals surface area contributed by atoms with Gasteiger partial charge in [0, 0.05) is 18.4 Å². The minimum absolute atomic E-state index is 0.704. The first kappa shape index (κ1) is 15.1. The molecule has 112 valence electrons. The lowest BCUT2D eigenvalue weighted by molar-refractivity contribution is 0.794. The van der Waals surface area contributed by atoms with Crippen molar-refractivity contribution in [1.29, 1.82) is 0 Å². The van der Waals surface area contributed by atoms with E-state index in [-0.39, 0.29) is 0 Å². The molecule has 0 saturated carbocycles. The van der Waals surface area contributed by atoms with Gasteiger partial charge in [-0.05, 0) is 30.2 Å². The summed E-state index contributed by atoms with van der Waals surface area (Å²) in [6.07, 6.45) is 0. The maximum absolute atomic E-state index is 6.33. The Morgan fingerprint density at radius 1 is 1.09 bits per heavy atom. The van der Waals surface area contributed by atoms with Crippen molar-refractivity contribution in [2.75, 3.05) is 0 Å². The third-order valence-corrected chi connectivity index (χ3v) is 4.82. The number of benzene rings is 2. The number of hydrogen-bond acceptors (Lipinski definition) is 3. The van der Waals surface area contributed by atoms with E-state index in [2.05, 4.69) is 22.3 Å². The molecule has 0 spiro atoms. The summed E-state index contributed by atoms with van der Waals surface area (Å²) in [4.78, 5) is 0. The van der Waals surface area contributed by atoms with Gasteiger partial charge in [-0.25, -0.2) is 0 Å². The van der Waals surface area contributed by atoms with E-state index in [1.807, 2.05) is 54.9 Å². The van der Waals surface area contributed by atoms with Gasteiger partial charge >= 0.3 is 0 Å². The van der Waals surface area contributed by atoms with Gasteiger partial charge in [-0.1, -0.05) is 59.8 Å². The van der Waals surface area contributed by atoms with E-state index in [1.54, 1.807) is 11.8 Å². The molecule has 0 atom stereocenters. The van der Waals surface area contributed by atoms with Crippen LogP contribution in [0.3, 0.4) is 0 Å². The standard InChI is InChI=1S/C17H16ClN3S/c1-12-8-9-14(15(18)10-12)16-19-20-17(21(16)2)22-11-13-6-4-3-5-7-13/h3-10H,11H2,1-2H3. The Bertz CT molecular complexity index is 784. The van der Waals surface area contributed by atoms with Gasteiger partial charge in [-0.15, -0.1) is 10.2 Å². The highest BCUT2D eigenvalue weighted by atomic mass is 35.5. The van der Waals surface area contributed by atoms with E-state index in [0.717, 1.165) is 27.9 Å². The second-order valence-electron chi connectivity index (χ2n) is 5.12. The molecule has 0 bridgehead atoms. The topological polar surface area (TPSA) is 30.7 Å². The third-order valence-electron chi connectivity index (χ3n) is 3.41. The Morgan fingerprint density at radius 3 is 2.59 bits per heavy atom. The van der Waals surface area contributed by atoms with Crippen molar-refractivity contribution in [3.63, 3.8) is 0 Å². The van der Waals surface area contributed by atoms with Gasteiger partial charge in [-0.3, -0.25) is 0 Å². The first-order chi connectivity index (χ1) is 10.6. The van der Waals surface area contributed by atoms with Gasteiger partial charge in [0.15, 0.2) is 11.0 Å². The van der Waals surface area contributed by atoms with Crippen molar-refractivity contribution in [2.45, 2.75) is 17.8 Å². The lowest BCUT2D eigenvalue weighted by Gasteiger charge is -2.06. The van der Waals surface area contributed by atoms with Crippen LogP contribution in [0.2, 0.25) is 5.02 Å². The number of aryl methyl sites for hydroxylation is 1. The van der Waals surface area contributed by atoms with E-state index in [0.29, 0.717) is 5.02 Å². The van der Waals surface area contributed by atoms with Crippen LogP contribution < -0.4 is 0 Å². The summed E-state index contributed by atoms with van der Waals surface area (Å²) in [5, 5.41) is 10.2. The van der Waals surface area contributed by atoms with E-state index in [4.69, 9.17) is 11.6 Å². The summed E-state index contributed by atoms with van der Waals surface area (Å²) in [6.45, 7) is 2.02. The molecule has 1 heterocycles. The average Bonchev–Trinajstić information content (AvgIpc) is 2.87. The van der Waals surface area contributed by atoms with Crippen molar-refractivity contribution < 1.29 is 0 Å². The maximum Gasteiger partial charge on any atom is 0.191 e. The molecule has 0 saturated heterocycles. The zero-order valence-corrected chi connectivity index (χ0v) is 14.0. The molecule has 3 nitrogen and oxygen atoms in total. The predicted molar refractivity (Wildman–Crippen MR) is 92.2 cm³/mol. The fourth-order valence-corrected chi connectivity index (χ4v) is 3.39. The van der Waals surface area contributed by atoms with Gasteiger partial charge in [0.25, 0.3) is 0 Å². The number of rotatable bonds is 4. The van der Waals surface area contributed by atoms with E-state index >= 15 is 0 Å². The summed E-state index contributed by atoms with van der Waals surface area (Å²) >= 11 is 8.00. The molecular weight excluding hydrogens is 314 g/mol. The highest BCUT2D eigenvalue weighted by molar-refractivity contribution is 7.98. The molecule has 3 rings (SSSR count). The highest BCUT2D eigenvalue weighted by Gasteiger charge is 2.14. The molecule has 1 aromatic heterocycles. The number of halogens is 1. The zero-order valence-electron chi connectivity index (χ0n) is 12.5. The second kappa shape index (κ2) is 6.55. The first-order valence-electron chi connectivity index (χ1n) is 6.98. The highest BCUT2D eigenvalue weighted by Crippen LogP contribution is 2.30. The Hall–Kier alpha value is -1.78. The SMILES string of the molecule is Cc1ccc(-c2nnc(SCc3ccccc3)n2C)c(Cl)c1. The van der Waals surface area contributed by atoms with Crippen LogP contribution in [0.5, 0.6) is 0 Å². The molecule has 0 aliphatic heterocycles. The number of thioether (sulfide) groups is 1. The van der Waals surface area contributed by atoms with Gasteiger partial charge in [0.2, 0.25) is 0 Å². The number of nitrogens with zero attached hydrogens (tertiary/aromatic N) is 3. The Morgan fingerprint density at radius 2 is 1.86 bits per heavy atom. The Balaban J connectivity index is 1.83. The molecule has 0 aliphatic rings. The van der Waals surface area contributed by atoms with Gasteiger partial charge in [0.1, 0.15) is 0 Å². The molecule has 2 aromatic carbocycles. The second-order valence-corrected chi connectivity index (χ2v) is 6.47. The molecule has 0 N–H and O–H groups in total. The van der Waals surface area contributed by atoms with E-state index in [1.165, 1.54) is 5.56 Å². The van der Waals surface area contributed by atoms with Crippen LogP contribution in [0.25, 0.3) is 11.4 Å². The van der Waals surface area contributed by atoms with Crippen molar-refractivity contribution in [2.24, 2.45) is 7.05 Å². The van der Waals surface area contributed by atoms with Gasteiger partial charge in [-0.2, -0.15) is 0 Å². The predicted octanol–water partition coefficient (Wildman–Crippen LogP) is 4.74. The molecular formula is C17H16ClN3S. The van der Waals surface area contributed by atoms with Crippen molar-refractivity contribution >= 4 is 23.4 Å². The van der Waals surface area contributed by atoms with Crippen LogP contribution in [0.1, 0.15) is 11.1 Å². The first-order valence-corrected chi connectivity index (χ1v) is 8.34. The van der Waals surface area contributed by atoms with Gasteiger partial charge in [0.05, 0.1) is 5.02 Å². The Kier molecular flexibility index (Phi) is 4.50. The smallest absolute Gasteiger partial charge is 0.191 e. The number of hydrogen-bond donors (Lipinski definition) is 0. The lowest BCUT2D eigenvalue weighted by Crippen LogP contribution is -1.95. The normalized spacial score (nSPS) is 10.9. The zero-order chi connectivity index (χ0) is 15.5. The summed E-state index contributed by atoms with van der Waals surface area (Å²) < 4.78 is 1.99. The van der Waals surface area contributed by atoms with Crippen LogP contribution in [0, 0.1) is 6.92 Å². The third kappa shape index (κ3) is 3.18. The van der Waals surface area contributed by atoms with Crippen LogP contribution in [-0.2, 0) is 12.8 Å². The van der Waals surface area contributed by atoms with E-state index in [9.17, 15) is 0 Å². The monoisotopic (exact) mass is 329 g/mol. The molecule has 0 amide bonds. The number of aromatic nitrogens is 3. The van der Waals surface area contributed by atoms with Crippen molar-refractivity contribution in [1.82, 2.24) is 14.8 Å². The van der Waals surface area contributed by atoms with Crippen molar-refractivity contribution in [3.05, 3.63) is 64.7 Å². The molecule has 0 fully saturated rings. The minimum Gasteiger partial charge on any atom is -0.305 e. The van der Waals surface area contributed by atoms with Gasteiger partial charge < -0.3 is 4.57 Å². The molecule has 0 radical (unpaired) electrons. The quantitative estimate of drug-likeness (QED) is 0.648. The Labute approximate surface area is 139 Å². The van der Waals surface area contributed by atoms with Crippen LogP contribution in [0.4, 0.5) is 0 Å². The lowest BCUT2D eigenvalue weighted by atomic mass is 10.1. The molecule has 3 aromatic rings. The largest absolute Gasteiger partial charge is 0.305 e. The molecule has 5 heteroatoms. The maximum atomic E-state index is 6.33. The molecule has 0 aliphatic carbocycles. The summed E-state index contributed by atoms with van der Waals surface area (Å²) in [5.41, 5.74) is 3.31. The summed E-state index contributed by atoms with van der Waals surface area (Å²) in [5.74, 6) is 1.66. The fraction of sp³-hybridized carbons (Fsp3) is 0.176.